The Labute approximate surface area is 87.6 Å². The molecule has 0 saturated heterocycles. The van der Waals surface area contributed by atoms with Crippen LogP contribution in [0.4, 0.5) is 0 Å². The quantitative estimate of drug-likeness (QED) is 0.688. The summed E-state index contributed by atoms with van der Waals surface area (Å²) in [6.07, 6.45) is 0. The number of rotatable bonds is 4. The van der Waals surface area contributed by atoms with E-state index < -0.39 is 0 Å². The Hall–Kier alpha value is 1.08. The molecule has 0 aromatic carbocycles. The fourth-order valence-electron chi connectivity index (χ4n) is 0.831. The van der Waals surface area contributed by atoms with E-state index in [4.69, 9.17) is 4.74 Å². The van der Waals surface area contributed by atoms with Crippen molar-refractivity contribution in [2.45, 2.75) is 49.3 Å². The van der Waals surface area contributed by atoms with Crippen LogP contribution in [0.25, 0.3) is 0 Å². The Morgan fingerprint density at radius 2 is 1.18 bits per heavy atom. The van der Waals surface area contributed by atoms with E-state index in [9.17, 15) is 0 Å². The summed E-state index contributed by atoms with van der Waals surface area (Å²) in [5.41, 5.74) is 0.130. The summed E-state index contributed by atoms with van der Waals surface area (Å²) in [5, 5.41) is 2.27. The molecule has 0 amide bonds. The Balaban J connectivity index is 4.02. The molecule has 0 bridgehead atoms. The van der Waals surface area contributed by atoms with Crippen molar-refractivity contribution in [1.82, 2.24) is 0 Å². The van der Waals surface area contributed by atoms with Crippen molar-refractivity contribution in [3.8, 4) is 0 Å². The first-order valence-electron chi connectivity index (χ1n) is 3.93. The van der Waals surface area contributed by atoms with E-state index in [1.165, 1.54) is 0 Å². The van der Waals surface area contributed by atoms with Gasteiger partial charge in [-0.25, -0.2) is 0 Å². The van der Waals surface area contributed by atoms with Crippen LogP contribution in [0.2, 0.25) is 10.4 Å². The van der Waals surface area contributed by atoms with Crippen LogP contribution >= 0.6 is 0 Å². The SMILES string of the molecule is CC(C)(C[AsH2])OC(C)(C)C[AsH2]. The van der Waals surface area contributed by atoms with Gasteiger partial charge in [-0.2, -0.15) is 0 Å². The molecule has 0 rings (SSSR count). The topological polar surface area (TPSA) is 9.23 Å². The molecule has 11 heavy (non-hydrogen) atoms. The summed E-state index contributed by atoms with van der Waals surface area (Å²) in [6, 6.07) is 0. The van der Waals surface area contributed by atoms with Gasteiger partial charge in [0.05, 0.1) is 0 Å². The summed E-state index contributed by atoms with van der Waals surface area (Å²) in [5.74, 6) is 0. The van der Waals surface area contributed by atoms with Gasteiger partial charge in [0.2, 0.25) is 0 Å². The van der Waals surface area contributed by atoms with Gasteiger partial charge in [-0.05, 0) is 0 Å². The molecule has 68 valence electrons. The van der Waals surface area contributed by atoms with E-state index in [-0.39, 0.29) is 11.2 Å². The third kappa shape index (κ3) is 5.34. The van der Waals surface area contributed by atoms with Gasteiger partial charge >= 0.3 is 87.8 Å². The second kappa shape index (κ2) is 4.35. The molecule has 0 fully saturated rings. The van der Waals surface area contributed by atoms with Crippen molar-refractivity contribution in [2.75, 3.05) is 0 Å². The number of ether oxygens (including phenoxy) is 1. The fourth-order valence-corrected chi connectivity index (χ4v) is 1.18. The average Bonchev–Trinajstić information content (AvgIpc) is 1.86. The van der Waals surface area contributed by atoms with Crippen LogP contribution in [0.1, 0.15) is 27.7 Å². The summed E-state index contributed by atoms with van der Waals surface area (Å²) in [4.78, 5) is 0. The van der Waals surface area contributed by atoms with Crippen molar-refractivity contribution >= 4 is 33.7 Å². The van der Waals surface area contributed by atoms with Gasteiger partial charge in [-0.3, -0.25) is 0 Å². The molecule has 0 aliphatic rings. The molecule has 0 aromatic heterocycles. The van der Waals surface area contributed by atoms with Crippen molar-refractivity contribution < 1.29 is 4.74 Å². The summed E-state index contributed by atoms with van der Waals surface area (Å²) in [7, 11) is 0. The zero-order valence-electron chi connectivity index (χ0n) is 7.98. The first kappa shape index (κ1) is 12.1. The van der Waals surface area contributed by atoms with E-state index in [1.54, 1.807) is 33.7 Å². The third-order valence-corrected chi connectivity index (χ3v) is 5.66. The number of hydrogen-bond donors (Lipinski definition) is 0. The van der Waals surface area contributed by atoms with Crippen molar-refractivity contribution in [3.05, 3.63) is 0 Å². The molecule has 0 N–H and O–H groups in total. The van der Waals surface area contributed by atoms with Gasteiger partial charge < -0.3 is 0 Å². The molecule has 0 radical (unpaired) electrons. The van der Waals surface area contributed by atoms with Crippen LogP contribution < -0.4 is 0 Å². The normalized spacial score (nSPS) is 13.6. The second-order valence-corrected chi connectivity index (χ2v) is 5.74. The van der Waals surface area contributed by atoms with Crippen LogP contribution in [0.3, 0.4) is 0 Å². The van der Waals surface area contributed by atoms with Crippen LogP contribution in [0.15, 0.2) is 0 Å². The average molecular weight is 282 g/mol. The molecule has 0 heterocycles. The van der Waals surface area contributed by atoms with Crippen molar-refractivity contribution in [1.29, 1.82) is 0 Å². The van der Waals surface area contributed by atoms with Gasteiger partial charge in [0.1, 0.15) is 0 Å². The molecule has 0 saturated carbocycles. The standard InChI is InChI=1S/C8H20As2O/c1-7(2,5-9)11-8(3,4)6-10/h5-6,9-10H2,1-4H3. The van der Waals surface area contributed by atoms with Gasteiger partial charge in [0.15, 0.2) is 0 Å². The third-order valence-electron chi connectivity index (χ3n) is 1.54. The minimum atomic E-state index is 0.0651. The molecule has 0 spiro atoms. The predicted octanol–water partition coefficient (Wildman–Crippen LogP) is 0.663. The second-order valence-electron chi connectivity index (χ2n) is 4.03. The van der Waals surface area contributed by atoms with E-state index in [0.717, 1.165) is 10.4 Å². The van der Waals surface area contributed by atoms with Crippen molar-refractivity contribution in [2.24, 2.45) is 0 Å². The van der Waals surface area contributed by atoms with Gasteiger partial charge in [-0.1, -0.05) is 0 Å². The molecule has 0 aromatic rings. The summed E-state index contributed by atoms with van der Waals surface area (Å²) in [6.45, 7) is 8.66. The Morgan fingerprint density at radius 3 is 1.36 bits per heavy atom. The summed E-state index contributed by atoms with van der Waals surface area (Å²) < 4.78 is 5.95. The van der Waals surface area contributed by atoms with Crippen LogP contribution in [0.5, 0.6) is 0 Å². The molecule has 2 unspecified atom stereocenters. The van der Waals surface area contributed by atoms with E-state index >= 15 is 0 Å². The zero-order chi connectivity index (χ0) is 9.12. The zero-order valence-corrected chi connectivity index (χ0v) is 12.8. The predicted molar refractivity (Wildman–Crippen MR) is 55.9 cm³/mol. The van der Waals surface area contributed by atoms with Crippen LogP contribution in [-0.2, 0) is 4.74 Å². The summed E-state index contributed by atoms with van der Waals surface area (Å²) >= 11 is 3.48. The molecule has 0 aliphatic heterocycles. The van der Waals surface area contributed by atoms with Gasteiger partial charge in [0.25, 0.3) is 0 Å². The fraction of sp³-hybridized carbons (Fsp3) is 1.00. The molecule has 2 atom stereocenters. The first-order chi connectivity index (χ1) is 4.83. The van der Waals surface area contributed by atoms with E-state index in [0.29, 0.717) is 0 Å². The molecule has 1 nitrogen and oxygen atoms in total. The van der Waals surface area contributed by atoms with Crippen LogP contribution in [0, 0.1) is 0 Å². The maximum absolute atomic E-state index is 5.95. The molecular weight excluding hydrogens is 262 g/mol. The monoisotopic (exact) mass is 282 g/mol. The molecule has 0 aliphatic carbocycles. The Kier molecular flexibility index (Phi) is 4.78. The number of hydrogen-bond acceptors (Lipinski definition) is 1. The van der Waals surface area contributed by atoms with Gasteiger partial charge in [-0.15, -0.1) is 0 Å². The minimum absolute atomic E-state index is 0.0651. The van der Waals surface area contributed by atoms with Crippen LogP contribution in [-0.4, -0.2) is 44.9 Å². The first-order valence-corrected chi connectivity index (χ1v) is 7.36. The molecular formula is C8H20As2O. The van der Waals surface area contributed by atoms with E-state index in [2.05, 4.69) is 27.7 Å². The Bertz CT molecular complexity index is 107. The molecule has 3 heteroatoms. The maximum atomic E-state index is 5.95. The Morgan fingerprint density at radius 1 is 0.909 bits per heavy atom. The van der Waals surface area contributed by atoms with Crippen molar-refractivity contribution in [3.63, 3.8) is 0 Å². The van der Waals surface area contributed by atoms with E-state index in [1.807, 2.05) is 0 Å². The van der Waals surface area contributed by atoms with Gasteiger partial charge in [0, 0.05) is 0 Å².